The average molecular weight is 538 g/mol. The van der Waals surface area contributed by atoms with Gasteiger partial charge in [-0.25, -0.2) is 0 Å². The van der Waals surface area contributed by atoms with Crippen LogP contribution in [0.5, 0.6) is 0 Å². The van der Waals surface area contributed by atoms with Crippen molar-refractivity contribution < 1.29 is 9.90 Å². The first kappa shape index (κ1) is 37.4. The third-order valence-corrected chi connectivity index (χ3v) is 9.70. The molecule has 0 aromatic heterocycles. The van der Waals surface area contributed by atoms with Gasteiger partial charge in [0, 0.05) is 5.54 Å². The van der Waals surface area contributed by atoms with Gasteiger partial charge in [-0.15, -0.1) is 0 Å². The zero-order valence-corrected chi connectivity index (χ0v) is 27.3. The van der Waals surface area contributed by atoms with Crippen LogP contribution in [-0.2, 0) is 4.79 Å². The molecule has 1 rings (SSSR count). The number of rotatable bonds is 22. The largest absolute Gasteiger partial charge is 0.481 e. The van der Waals surface area contributed by atoms with E-state index in [2.05, 4.69) is 53.5 Å². The second-order valence-corrected chi connectivity index (χ2v) is 13.1. The maximum absolute atomic E-state index is 12.0. The highest BCUT2D eigenvalue weighted by molar-refractivity contribution is 5.70. The Hall–Kier alpha value is -0.570. The number of hydrogen-bond donors (Lipinski definition) is 1. The van der Waals surface area contributed by atoms with Gasteiger partial charge in [0.15, 0.2) is 0 Å². The molecule has 1 saturated heterocycles. The molecule has 3 nitrogen and oxygen atoms in total. The van der Waals surface area contributed by atoms with Crippen molar-refractivity contribution in [2.75, 3.05) is 13.6 Å². The fourth-order valence-electron chi connectivity index (χ4n) is 6.24. The Kier molecular flexibility index (Phi) is 23.9. The van der Waals surface area contributed by atoms with E-state index in [0.29, 0.717) is 11.8 Å². The van der Waals surface area contributed by atoms with E-state index in [1.165, 1.54) is 122 Å². The van der Waals surface area contributed by atoms with Crippen LogP contribution in [0.15, 0.2) is 0 Å². The van der Waals surface area contributed by atoms with Crippen molar-refractivity contribution in [3.63, 3.8) is 0 Å². The molecule has 3 heteroatoms. The lowest BCUT2D eigenvalue weighted by Crippen LogP contribution is -2.55. The van der Waals surface area contributed by atoms with E-state index >= 15 is 0 Å². The molecule has 3 unspecified atom stereocenters. The van der Waals surface area contributed by atoms with Crippen LogP contribution < -0.4 is 0 Å². The number of carbonyl (C=O) groups is 1. The van der Waals surface area contributed by atoms with Crippen LogP contribution in [0.4, 0.5) is 0 Å². The molecule has 1 heterocycles. The molecular weight excluding hydrogens is 466 g/mol. The van der Waals surface area contributed by atoms with Crippen molar-refractivity contribution >= 4 is 5.97 Å². The quantitative estimate of drug-likeness (QED) is 0.140. The van der Waals surface area contributed by atoms with Crippen molar-refractivity contribution in [2.24, 2.45) is 17.8 Å². The monoisotopic (exact) mass is 538 g/mol. The summed E-state index contributed by atoms with van der Waals surface area (Å²) in [6.07, 6.45) is 29.3. The van der Waals surface area contributed by atoms with Crippen LogP contribution in [0.3, 0.4) is 0 Å². The van der Waals surface area contributed by atoms with Gasteiger partial charge in [0.05, 0.1) is 5.92 Å². The minimum Gasteiger partial charge on any atom is -0.481 e. The van der Waals surface area contributed by atoms with E-state index in [1.54, 1.807) is 0 Å². The highest BCUT2D eigenvalue weighted by atomic mass is 16.4. The first-order valence-corrected chi connectivity index (χ1v) is 17.2. The van der Waals surface area contributed by atoms with Gasteiger partial charge >= 0.3 is 5.97 Å². The Bertz CT molecular complexity index is 526. The van der Waals surface area contributed by atoms with Crippen LogP contribution in [0.1, 0.15) is 183 Å². The molecule has 1 fully saturated rings. The lowest BCUT2D eigenvalue weighted by molar-refractivity contribution is -0.147. The summed E-state index contributed by atoms with van der Waals surface area (Å²) in [4.78, 5) is 14.4. The van der Waals surface area contributed by atoms with Crippen LogP contribution in [0.25, 0.3) is 0 Å². The summed E-state index contributed by atoms with van der Waals surface area (Å²) >= 11 is 0. The average Bonchev–Trinajstić information content (AvgIpc) is 2.89. The molecule has 0 aromatic carbocycles. The predicted octanol–water partition coefficient (Wildman–Crippen LogP) is 11.3. The summed E-state index contributed by atoms with van der Waals surface area (Å²) in [6, 6.07) is 0. The SMILES string of the molecule is CCCCCCCC.CCCCCCCCCCCCCCCCC(C(=O)O)C1CCN(C)C(C)(C)C1C. The fourth-order valence-corrected chi connectivity index (χ4v) is 6.24. The third-order valence-electron chi connectivity index (χ3n) is 9.70. The molecular formula is C35H71NO2. The summed E-state index contributed by atoms with van der Waals surface area (Å²) in [5.41, 5.74) is 0.0894. The molecule has 0 saturated carbocycles. The lowest BCUT2D eigenvalue weighted by atomic mass is 9.67. The normalized spacial score (nSPS) is 20.1. The molecule has 1 N–H and O–H groups in total. The molecule has 0 spiro atoms. The van der Waals surface area contributed by atoms with Gasteiger partial charge in [-0.05, 0) is 52.1 Å². The van der Waals surface area contributed by atoms with Crippen LogP contribution >= 0.6 is 0 Å². The van der Waals surface area contributed by atoms with E-state index in [9.17, 15) is 9.90 Å². The maximum atomic E-state index is 12.0. The van der Waals surface area contributed by atoms with E-state index in [0.717, 1.165) is 25.8 Å². The zero-order chi connectivity index (χ0) is 28.7. The van der Waals surface area contributed by atoms with Crippen LogP contribution in [0, 0.1) is 17.8 Å². The minimum atomic E-state index is -0.568. The molecule has 0 radical (unpaired) electrons. The van der Waals surface area contributed by atoms with Gasteiger partial charge in [0.25, 0.3) is 0 Å². The fraction of sp³-hybridized carbons (Fsp3) is 0.971. The molecule has 1 aliphatic heterocycles. The van der Waals surface area contributed by atoms with Crippen LogP contribution in [0.2, 0.25) is 0 Å². The number of hydrogen-bond acceptors (Lipinski definition) is 2. The molecule has 3 atom stereocenters. The summed E-state index contributed by atoms with van der Waals surface area (Å²) in [6.45, 7) is 14.6. The molecule has 38 heavy (non-hydrogen) atoms. The Labute approximate surface area is 240 Å². The number of piperidine rings is 1. The molecule has 0 aromatic rings. The van der Waals surface area contributed by atoms with Crippen molar-refractivity contribution in [3.8, 4) is 0 Å². The number of carboxylic acid groups (broad SMARTS) is 1. The van der Waals surface area contributed by atoms with Gasteiger partial charge in [0.1, 0.15) is 0 Å². The number of likely N-dealkylation sites (tertiary alicyclic amines) is 1. The molecule has 0 amide bonds. The first-order chi connectivity index (χ1) is 18.2. The lowest BCUT2D eigenvalue weighted by Gasteiger charge is -2.50. The maximum Gasteiger partial charge on any atom is 0.306 e. The summed E-state index contributed by atoms with van der Waals surface area (Å²) < 4.78 is 0. The van der Waals surface area contributed by atoms with E-state index in [4.69, 9.17) is 0 Å². The van der Waals surface area contributed by atoms with Gasteiger partial charge in [-0.2, -0.15) is 0 Å². The predicted molar refractivity (Wildman–Crippen MR) is 169 cm³/mol. The van der Waals surface area contributed by atoms with Crippen molar-refractivity contribution in [2.45, 2.75) is 188 Å². The van der Waals surface area contributed by atoms with Crippen molar-refractivity contribution in [3.05, 3.63) is 0 Å². The van der Waals surface area contributed by atoms with Crippen LogP contribution in [-0.4, -0.2) is 35.1 Å². The molecule has 1 aliphatic rings. The third kappa shape index (κ3) is 17.2. The van der Waals surface area contributed by atoms with Gasteiger partial charge < -0.3 is 10.0 Å². The highest BCUT2D eigenvalue weighted by Crippen LogP contribution is 2.41. The number of carboxylic acids is 1. The number of nitrogens with zero attached hydrogens (tertiary/aromatic N) is 1. The molecule has 228 valence electrons. The smallest absolute Gasteiger partial charge is 0.306 e. The Morgan fingerprint density at radius 2 is 1.05 bits per heavy atom. The number of aliphatic carboxylic acids is 1. The summed E-state index contributed by atoms with van der Waals surface area (Å²) in [7, 11) is 2.18. The van der Waals surface area contributed by atoms with Crippen molar-refractivity contribution in [1.82, 2.24) is 4.90 Å². The number of unbranched alkanes of at least 4 members (excludes halogenated alkanes) is 18. The summed E-state index contributed by atoms with van der Waals surface area (Å²) in [5.74, 6) is 0.00636. The van der Waals surface area contributed by atoms with Gasteiger partial charge in [-0.1, -0.05) is 156 Å². The standard InChI is InChI=1S/C27H53NO2.C8H18/c1-6-7-8-9-10-11-12-13-14-15-16-17-18-19-20-25(26(29)30)24-21-22-28(5)27(3,4)23(24)2;1-3-5-7-8-6-4-2/h23-25H,6-22H2,1-5H3,(H,29,30);3-8H2,1-2H3. The zero-order valence-electron chi connectivity index (χ0n) is 27.3. The second-order valence-electron chi connectivity index (χ2n) is 13.1. The van der Waals surface area contributed by atoms with Gasteiger partial charge in [-0.3, -0.25) is 4.79 Å². The Morgan fingerprint density at radius 1 is 0.711 bits per heavy atom. The summed E-state index contributed by atoms with van der Waals surface area (Å²) in [5, 5.41) is 9.87. The Balaban J connectivity index is 0.00000147. The first-order valence-electron chi connectivity index (χ1n) is 17.2. The Morgan fingerprint density at radius 3 is 1.39 bits per heavy atom. The molecule has 0 bridgehead atoms. The second kappa shape index (κ2) is 24.2. The van der Waals surface area contributed by atoms with Gasteiger partial charge in [0.2, 0.25) is 0 Å². The highest BCUT2D eigenvalue weighted by Gasteiger charge is 2.44. The molecule has 0 aliphatic carbocycles. The van der Waals surface area contributed by atoms with E-state index < -0.39 is 5.97 Å². The van der Waals surface area contributed by atoms with Crippen molar-refractivity contribution in [1.29, 1.82) is 0 Å². The van der Waals surface area contributed by atoms with E-state index in [-0.39, 0.29) is 11.5 Å². The van der Waals surface area contributed by atoms with E-state index in [1.807, 2.05) is 0 Å². The topological polar surface area (TPSA) is 40.5 Å². The minimum absolute atomic E-state index is 0.0894.